The molecule has 2 aromatic rings. The summed E-state index contributed by atoms with van der Waals surface area (Å²) in [6, 6.07) is 10.9. The number of fused-ring (bicyclic) bond motifs is 1. The van der Waals surface area contributed by atoms with Gasteiger partial charge in [-0.2, -0.15) is 0 Å². The number of hydrogen-bond acceptors (Lipinski definition) is 3. The number of halogens is 1. The molecule has 21 heavy (non-hydrogen) atoms. The molecule has 0 atom stereocenters. The molecule has 0 radical (unpaired) electrons. The summed E-state index contributed by atoms with van der Waals surface area (Å²) >= 11 is 6.10. The Morgan fingerprint density at radius 2 is 2.10 bits per heavy atom. The van der Waals surface area contributed by atoms with Gasteiger partial charge in [-0.15, -0.1) is 0 Å². The van der Waals surface area contributed by atoms with E-state index in [2.05, 4.69) is 5.32 Å². The van der Waals surface area contributed by atoms with Gasteiger partial charge in [0, 0.05) is 11.3 Å². The SMILES string of the molecule is CCc1ccccc1NC(=O)c1cc(Cl)c2c(c1)OCO2. The summed E-state index contributed by atoms with van der Waals surface area (Å²) in [6.07, 6.45) is 0.846. The summed E-state index contributed by atoms with van der Waals surface area (Å²) < 4.78 is 10.5. The van der Waals surface area contributed by atoms with Gasteiger partial charge < -0.3 is 14.8 Å². The Balaban J connectivity index is 1.88. The highest BCUT2D eigenvalue weighted by Crippen LogP contribution is 2.39. The molecule has 1 heterocycles. The van der Waals surface area contributed by atoms with Crippen LogP contribution >= 0.6 is 11.6 Å². The molecule has 0 aliphatic carbocycles. The van der Waals surface area contributed by atoms with Crippen LogP contribution in [0.5, 0.6) is 11.5 Å². The number of benzene rings is 2. The number of para-hydroxylation sites is 1. The van der Waals surface area contributed by atoms with E-state index in [-0.39, 0.29) is 12.7 Å². The average Bonchev–Trinajstić information content (AvgIpc) is 2.96. The molecular weight excluding hydrogens is 290 g/mol. The van der Waals surface area contributed by atoms with E-state index in [0.717, 1.165) is 17.7 Å². The fourth-order valence-electron chi connectivity index (χ4n) is 2.24. The summed E-state index contributed by atoms with van der Waals surface area (Å²) in [5.41, 5.74) is 2.33. The molecule has 0 bridgehead atoms. The maximum Gasteiger partial charge on any atom is 0.255 e. The predicted octanol–water partition coefficient (Wildman–Crippen LogP) is 3.88. The molecule has 1 aliphatic heterocycles. The number of carbonyl (C=O) groups is 1. The van der Waals surface area contributed by atoms with Gasteiger partial charge in [-0.1, -0.05) is 36.7 Å². The van der Waals surface area contributed by atoms with E-state index < -0.39 is 0 Å². The molecule has 0 fully saturated rings. The zero-order valence-electron chi connectivity index (χ0n) is 11.5. The number of nitrogens with one attached hydrogen (secondary N) is 1. The van der Waals surface area contributed by atoms with Crippen molar-refractivity contribution in [1.82, 2.24) is 0 Å². The van der Waals surface area contributed by atoms with Crippen molar-refractivity contribution >= 4 is 23.2 Å². The van der Waals surface area contributed by atoms with Crippen LogP contribution in [0.25, 0.3) is 0 Å². The van der Waals surface area contributed by atoms with Gasteiger partial charge in [-0.05, 0) is 30.2 Å². The van der Waals surface area contributed by atoms with E-state index in [1.54, 1.807) is 12.1 Å². The number of aryl methyl sites for hydroxylation is 1. The van der Waals surface area contributed by atoms with Crippen LogP contribution in [0.4, 0.5) is 5.69 Å². The van der Waals surface area contributed by atoms with Crippen molar-refractivity contribution in [2.45, 2.75) is 13.3 Å². The van der Waals surface area contributed by atoms with E-state index in [4.69, 9.17) is 21.1 Å². The number of amides is 1. The molecule has 0 aromatic heterocycles. The molecular formula is C16H14ClNO3. The van der Waals surface area contributed by atoms with E-state index in [0.29, 0.717) is 22.1 Å². The summed E-state index contributed by atoms with van der Waals surface area (Å²) in [6.45, 7) is 2.17. The third-order valence-corrected chi connectivity index (χ3v) is 3.62. The molecule has 108 valence electrons. The average molecular weight is 304 g/mol. The van der Waals surface area contributed by atoms with Gasteiger partial charge in [-0.3, -0.25) is 4.79 Å². The van der Waals surface area contributed by atoms with E-state index in [1.165, 1.54) is 0 Å². The third-order valence-electron chi connectivity index (χ3n) is 3.34. The van der Waals surface area contributed by atoms with E-state index in [9.17, 15) is 4.79 Å². The molecule has 0 unspecified atom stereocenters. The zero-order valence-corrected chi connectivity index (χ0v) is 12.2. The molecule has 1 aliphatic rings. The van der Waals surface area contributed by atoms with Crippen molar-refractivity contribution in [2.24, 2.45) is 0 Å². The molecule has 0 saturated carbocycles. The third kappa shape index (κ3) is 2.67. The lowest BCUT2D eigenvalue weighted by molar-refractivity contribution is 0.102. The summed E-state index contributed by atoms with van der Waals surface area (Å²) in [5, 5.41) is 3.28. The number of ether oxygens (including phenoxy) is 2. The van der Waals surface area contributed by atoms with Gasteiger partial charge in [0.05, 0.1) is 5.02 Å². The monoisotopic (exact) mass is 303 g/mol. The summed E-state index contributed by atoms with van der Waals surface area (Å²) in [7, 11) is 0. The van der Waals surface area contributed by atoms with Crippen molar-refractivity contribution in [3.63, 3.8) is 0 Å². The normalized spacial score (nSPS) is 12.3. The molecule has 0 saturated heterocycles. The Bertz CT molecular complexity index is 700. The highest BCUT2D eigenvalue weighted by Gasteiger charge is 2.20. The minimum atomic E-state index is -0.226. The Labute approximate surface area is 127 Å². The zero-order chi connectivity index (χ0) is 14.8. The largest absolute Gasteiger partial charge is 0.454 e. The quantitative estimate of drug-likeness (QED) is 0.936. The second-order valence-electron chi connectivity index (χ2n) is 4.66. The van der Waals surface area contributed by atoms with Crippen LogP contribution in [-0.4, -0.2) is 12.7 Å². The second kappa shape index (κ2) is 5.66. The Morgan fingerprint density at radius 1 is 1.29 bits per heavy atom. The lowest BCUT2D eigenvalue weighted by atomic mass is 10.1. The van der Waals surface area contributed by atoms with Gasteiger partial charge in [0.15, 0.2) is 11.5 Å². The van der Waals surface area contributed by atoms with Crippen LogP contribution in [0.15, 0.2) is 36.4 Å². The maximum atomic E-state index is 12.4. The first-order valence-corrected chi connectivity index (χ1v) is 7.05. The van der Waals surface area contributed by atoms with Crippen LogP contribution < -0.4 is 14.8 Å². The maximum absolute atomic E-state index is 12.4. The first-order chi connectivity index (χ1) is 10.2. The first-order valence-electron chi connectivity index (χ1n) is 6.67. The standard InChI is InChI=1S/C16H14ClNO3/c1-2-10-5-3-4-6-13(10)18-16(19)11-7-12(17)15-14(8-11)20-9-21-15/h3-8H,2,9H2,1H3,(H,18,19). The molecule has 4 nitrogen and oxygen atoms in total. The van der Waals surface area contributed by atoms with Crippen molar-refractivity contribution in [2.75, 3.05) is 12.1 Å². The lowest BCUT2D eigenvalue weighted by Crippen LogP contribution is -2.13. The number of hydrogen-bond donors (Lipinski definition) is 1. The van der Waals surface area contributed by atoms with Crippen LogP contribution in [0, 0.1) is 0 Å². The van der Waals surface area contributed by atoms with Crippen LogP contribution in [0.1, 0.15) is 22.8 Å². The van der Waals surface area contributed by atoms with E-state index in [1.807, 2.05) is 31.2 Å². The predicted molar refractivity (Wildman–Crippen MR) is 81.3 cm³/mol. The van der Waals surface area contributed by atoms with Gasteiger partial charge in [0.25, 0.3) is 5.91 Å². The molecule has 1 amide bonds. The molecule has 5 heteroatoms. The minimum Gasteiger partial charge on any atom is -0.454 e. The Morgan fingerprint density at radius 3 is 2.90 bits per heavy atom. The van der Waals surface area contributed by atoms with Gasteiger partial charge >= 0.3 is 0 Å². The second-order valence-corrected chi connectivity index (χ2v) is 5.06. The van der Waals surface area contributed by atoms with Gasteiger partial charge in [0.2, 0.25) is 6.79 Å². The fourth-order valence-corrected chi connectivity index (χ4v) is 2.51. The van der Waals surface area contributed by atoms with Crippen LogP contribution in [0.3, 0.4) is 0 Å². The first kappa shape index (κ1) is 13.8. The lowest BCUT2D eigenvalue weighted by Gasteiger charge is -2.10. The Kier molecular flexibility index (Phi) is 3.71. The van der Waals surface area contributed by atoms with Crippen LogP contribution in [-0.2, 0) is 6.42 Å². The van der Waals surface area contributed by atoms with Crippen LogP contribution in [0.2, 0.25) is 5.02 Å². The highest BCUT2D eigenvalue weighted by atomic mass is 35.5. The van der Waals surface area contributed by atoms with Crippen molar-refractivity contribution in [3.05, 3.63) is 52.5 Å². The number of carbonyl (C=O) groups excluding carboxylic acids is 1. The van der Waals surface area contributed by atoms with Gasteiger partial charge in [-0.25, -0.2) is 0 Å². The van der Waals surface area contributed by atoms with Gasteiger partial charge in [0.1, 0.15) is 0 Å². The van der Waals surface area contributed by atoms with Crippen molar-refractivity contribution in [3.8, 4) is 11.5 Å². The molecule has 0 spiro atoms. The topological polar surface area (TPSA) is 47.6 Å². The van der Waals surface area contributed by atoms with Crippen molar-refractivity contribution < 1.29 is 14.3 Å². The highest BCUT2D eigenvalue weighted by molar-refractivity contribution is 6.32. The van der Waals surface area contributed by atoms with Crippen molar-refractivity contribution in [1.29, 1.82) is 0 Å². The smallest absolute Gasteiger partial charge is 0.255 e. The molecule has 2 aromatic carbocycles. The van der Waals surface area contributed by atoms with E-state index >= 15 is 0 Å². The number of anilines is 1. The molecule has 3 rings (SSSR count). The molecule has 1 N–H and O–H groups in total. The fraction of sp³-hybridized carbons (Fsp3) is 0.188. The number of rotatable bonds is 3. The summed E-state index contributed by atoms with van der Waals surface area (Å²) in [4.78, 5) is 12.4. The minimum absolute atomic E-state index is 0.124. The Hall–Kier alpha value is -2.20. The summed E-state index contributed by atoms with van der Waals surface area (Å²) in [5.74, 6) is 0.759.